The molecule has 3 rings (SSSR count). The molecule has 0 radical (unpaired) electrons. The van der Waals surface area contributed by atoms with Gasteiger partial charge in [0.1, 0.15) is 5.75 Å². The Balaban J connectivity index is 0.00000280. The van der Waals surface area contributed by atoms with Gasteiger partial charge in [-0.2, -0.15) is 0 Å². The largest absolute Gasteiger partial charge is 0.493 e. The Labute approximate surface area is 181 Å². The van der Waals surface area contributed by atoms with Gasteiger partial charge in [0.15, 0.2) is 5.96 Å². The number of ether oxygens (including phenoxy) is 1. The molecule has 0 aliphatic carbocycles. The van der Waals surface area contributed by atoms with Gasteiger partial charge in [-0.3, -0.25) is 15.1 Å². The highest BCUT2D eigenvalue weighted by molar-refractivity contribution is 14.0. The molecule has 0 saturated carbocycles. The molecule has 0 fully saturated rings. The fourth-order valence-electron chi connectivity index (χ4n) is 3.14. The van der Waals surface area contributed by atoms with Crippen molar-refractivity contribution in [1.29, 1.82) is 0 Å². The molecule has 0 saturated heterocycles. The van der Waals surface area contributed by atoms with Crippen molar-refractivity contribution in [2.75, 3.05) is 13.2 Å². The van der Waals surface area contributed by atoms with E-state index in [0.29, 0.717) is 19.1 Å². The maximum Gasteiger partial charge on any atom is 0.269 e. The molecular formula is C20H25IN4O3. The quantitative estimate of drug-likeness (QED) is 0.151. The fraction of sp³-hybridized carbons (Fsp3) is 0.350. The molecule has 0 bridgehead atoms. The van der Waals surface area contributed by atoms with E-state index in [1.807, 2.05) is 24.3 Å². The number of hydrogen-bond acceptors (Lipinski definition) is 4. The molecule has 150 valence electrons. The first-order valence-electron chi connectivity index (χ1n) is 9.15. The van der Waals surface area contributed by atoms with E-state index in [4.69, 9.17) is 10.5 Å². The summed E-state index contributed by atoms with van der Waals surface area (Å²) in [4.78, 5) is 14.7. The van der Waals surface area contributed by atoms with Gasteiger partial charge in [0.25, 0.3) is 5.69 Å². The summed E-state index contributed by atoms with van der Waals surface area (Å²) in [6.45, 7) is 1.31. The number of nitro groups is 1. The zero-order valence-electron chi connectivity index (χ0n) is 15.5. The molecule has 0 spiro atoms. The smallest absolute Gasteiger partial charge is 0.269 e. The number of aliphatic imine (C=N–C) groups is 1. The first-order chi connectivity index (χ1) is 13.1. The number of aryl methyl sites for hydroxylation is 1. The van der Waals surface area contributed by atoms with Crippen molar-refractivity contribution in [3.8, 4) is 5.75 Å². The molecule has 0 amide bonds. The van der Waals surface area contributed by atoms with E-state index < -0.39 is 0 Å². The summed E-state index contributed by atoms with van der Waals surface area (Å²) < 4.78 is 5.65. The monoisotopic (exact) mass is 496 g/mol. The van der Waals surface area contributed by atoms with Gasteiger partial charge in [0.05, 0.1) is 17.6 Å². The van der Waals surface area contributed by atoms with Crippen LogP contribution in [0, 0.1) is 10.1 Å². The Hall–Kier alpha value is -2.36. The highest BCUT2D eigenvalue weighted by Crippen LogP contribution is 2.31. The number of rotatable bonds is 7. The lowest BCUT2D eigenvalue weighted by molar-refractivity contribution is -0.384. The maximum absolute atomic E-state index is 10.7. The van der Waals surface area contributed by atoms with Crippen LogP contribution in [0.5, 0.6) is 5.75 Å². The molecule has 8 heteroatoms. The van der Waals surface area contributed by atoms with Crippen molar-refractivity contribution in [2.45, 2.75) is 31.7 Å². The van der Waals surface area contributed by atoms with Gasteiger partial charge in [0.2, 0.25) is 0 Å². The van der Waals surface area contributed by atoms with E-state index in [2.05, 4.69) is 10.3 Å². The Kier molecular flexibility index (Phi) is 8.49. The van der Waals surface area contributed by atoms with Gasteiger partial charge < -0.3 is 15.8 Å². The third-order valence-corrected chi connectivity index (χ3v) is 4.58. The molecule has 0 aromatic heterocycles. The first-order valence-corrected chi connectivity index (χ1v) is 9.15. The number of nitrogens with two attached hydrogens (primary N) is 1. The minimum absolute atomic E-state index is 0. The SMILES string of the molecule is I.NC(=NCCCCc1ccc([N+](=O)[O-])cc1)NC1CCOc2ccccc21. The highest BCUT2D eigenvalue weighted by Gasteiger charge is 2.21. The third-order valence-electron chi connectivity index (χ3n) is 4.58. The van der Waals surface area contributed by atoms with E-state index in [9.17, 15) is 10.1 Å². The Morgan fingerprint density at radius 1 is 1.21 bits per heavy atom. The van der Waals surface area contributed by atoms with Crippen molar-refractivity contribution in [2.24, 2.45) is 10.7 Å². The van der Waals surface area contributed by atoms with E-state index in [-0.39, 0.29) is 40.6 Å². The topological polar surface area (TPSA) is 103 Å². The maximum atomic E-state index is 10.7. The molecule has 3 N–H and O–H groups in total. The normalized spacial score (nSPS) is 15.7. The fourth-order valence-corrected chi connectivity index (χ4v) is 3.14. The lowest BCUT2D eigenvalue weighted by Crippen LogP contribution is -2.37. The number of nitrogens with zero attached hydrogens (tertiary/aromatic N) is 2. The molecule has 7 nitrogen and oxygen atoms in total. The summed E-state index contributed by atoms with van der Waals surface area (Å²) in [7, 11) is 0. The van der Waals surface area contributed by atoms with Gasteiger partial charge in [-0.05, 0) is 30.9 Å². The highest BCUT2D eigenvalue weighted by atomic mass is 127. The van der Waals surface area contributed by atoms with Crippen molar-refractivity contribution in [1.82, 2.24) is 5.32 Å². The van der Waals surface area contributed by atoms with Crippen LogP contribution in [-0.4, -0.2) is 24.0 Å². The second kappa shape index (κ2) is 10.8. The van der Waals surface area contributed by atoms with Crippen molar-refractivity contribution < 1.29 is 9.66 Å². The number of benzene rings is 2. The molecule has 2 aromatic rings. The molecule has 1 unspecified atom stereocenters. The Morgan fingerprint density at radius 2 is 1.96 bits per heavy atom. The van der Waals surface area contributed by atoms with Gasteiger partial charge in [0, 0.05) is 30.7 Å². The van der Waals surface area contributed by atoms with E-state index >= 15 is 0 Å². The summed E-state index contributed by atoms with van der Waals surface area (Å²) in [5.41, 5.74) is 8.36. The predicted molar refractivity (Wildman–Crippen MR) is 120 cm³/mol. The van der Waals surface area contributed by atoms with Crippen LogP contribution in [0.1, 0.15) is 36.4 Å². The van der Waals surface area contributed by atoms with Crippen LogP contribution in [0.25, 0.3) is 0 Å². The van der Waals surface area contributed by atoms with Crippen LogP contribution in [0.4, 0.5) is 5.69 Å². The Bertz CT molecular complexity index is 811. The van der Waals surface area contributed by atoms with Crippen LogP contribution < -0.4 is 15.8 Å². The summed E-state index contributed by atoms with van der Waals surface area (Å²) in [5, 5.41) is 13.9. The number of fused-ring (bicyclic) bond motifs is 1. The average Bonchev–Trinajstić information content (AvgIpc) is 2.68. The molecule has 1 atom stereocenters. The molecule has 1 aliphatic rings. The average molecular weight is 496 g/mol. The summed E-state index contributed by atoms with van der Waals surface area (Å²) in [6, 6.07) is 14.8. The van der Waals surface area contributed by atoms with Crippen LogP contribution >= 0.6 is 24.0 Å². The number of guanidine groups is 1. The van der Waals surface area contributed by atoms with Gasteiger partial charge >= 0.3 is 0 Å². The minimum Gasteiger partial charge on any atom is -0.493 e. The van der Waals surface area contributed by atoms with Crippen LogP contribution in [0.2, 0.25) is 0 Å². The Morgan fingerprint density at radius 3 is 2.71 bits per heavy atom. The number of nitrogens with one attached hydrogen (secondary N) is 1. The molecule has 1 heterocycles. The van der Waals surface area contributed by atoms with Crippen LogP contribution in [0.15, 0.2) is 53.5 Å². The molecular weight excluding hydrogens is 471 g/mol. The molecule has 28 heavy (non-hydrogen) atoms. The zero-order valence-corrected chi connectivity index (χ0v) is 17.9. The number of nitro benzene ring substituents is 1. The number of unbranched alkanes of at least 4 members (excludes halogenated alkanes) is 1. The van der Waals surface area contributed by atoms with E-state index in [1.165, 1.54) is 0 Å². The molecule has 2 aromatic carbocycles. The van der Waals surface area contributed by atoms with Gasteiger partial charge in [-0.1, -0.05) is 30.3 Å². The van der Waals surface area contributed by atoms with Gasteiger partial charge in [-0.25, -0.2) is 0 Å². The second-order valence-corrected chi connectivity index (χ2v) is 6.52. The minimum atomic E-state index is -0.384. The van der Waals surface area contributed by atoms with Crippen molar-refractivity contribution in [3.63, 3.8) is 0 Å². The lowest BCUT2D eigenvalue weighted by atomic mass is 10.0. The summed E-state index contributed by atoms with van der Waals surface area (Å²) in [5.74, 6) is 1.35. The van der Waals surface area contributed by atoms with Gasteiger partial charge in [-0.15, -0.1) is 24.0 Å². The van der Waals surface area contributed by atoms with Crippen molar-refractivity contribution in [3.05, 3.63) is 69.8 Å². The van der Waals surface area contributed by atoms with E-state index in [1.54, 1.807) is 24.3 Å². The van der Waals surface area contributed by atoms with E-state index in [0.717, 1.165) is 42.6 Å². The number of halogens is 1. The third kappa shape index (κ3) is 6.08. The molecule has 1 aliphatic heterocycles. The van der Waals surface area contributed by atoms with Crippen LogP contribution in [-0.2, 0) is 6.42 Å². The second-order valence-electron chi connectivity index (χ2n) is 6.52. The summed E-state index contributed by atoms with van der Waals surface area (Å²) >= 11 is 0. The number of non-ortho nitro benzene ring substituents is 1. The zero-order chi connectivity index (χ0) is 19.1. The van der Waals surface area contributed by atoms with Crippen LogP contribution in [0.3, 0.4) is 0 Å². The summed E-state index contributed by atoms with van der Waals surface area (Å²) in [6.07, 6.45) is 3.58. The van der Waals surface area contributed by atoms with Crippen molar-refractivity contribution >= 4 is 35.6 Å². The number of hydrogen-bond donors (Lipinski definition) is 2. The lowest BCUT2D eigenvalue weighted by Gasteiger charge is -2.26. The first kappa shape index (κ1) is 21.9. The standard InChI is InChI=1S/C20H24N4O3.HI/c21-20(23-18-12-14-27-19-7-2-1-6-17(18)19)22-13-4-3-5-15-8-10-16(11-9-15)24(25)26;/h1-2,6-11,18H,3-5,12-14H2,(H3,21,22,23);1H. The number of para-hydroxylation sites is 1. The predicted octanol–water partition coefficient (Wildman–Crippen LogP) is 3.96.